The highest BCUT2D eigenvalue weighted by molar-refractivity contribution is 7.90. The minimum absolute atomic E-state index is 0.0660. The van der Waals surface area contributed by atoms with Crippen molar-refractivity contribution in [1.82, 2.24) is 9.62 Å². The molecule has 0 bridgehead atoms. The van der Waals surface area contributed by atoms with Crippen LogP contribution in [0.3, 0.4) is 0 Å². The second kappa shape index (κ2) is 5.40. The van der Waals surface area contributed by atoms with Crippen LogP contribution in [-0.4, -0.2) is 50.6 Å². The van der Waals surface area contributed by atoms with Crippen LogP contribution in [0.4, 0.5) is 10.5 Å². The molecule has 1 aromatic carbocycles. The quantitative estimate of drug-likeness (QED) is 0.625. The van der Waals surface area contributed by atoms with Crippen LogP contribution in [0.2, 0.25) is 0 Å². The number of ether oxygens (including phenoxy) is 1. The zero-order chi connectivity index (χ0) is 18.7. The zero-order valence-corrected chi connectivity index (χ0v) is 15.0. The van der Waals surface area contributed by atoms with Crippen LogP contribution in [0, 0.1) is 27.9 Å². The molecule has 2 saturated heterocycles. The Hall–Kier alpha value is -2.20. The number of likely N-dealkylation sites (tertiary alicyclic amines) is 1. The number of benzene rings is 1. The number of nitro benzene ring substituents is 1. The summed E-state index contributed by atoms with van der Waals surface area (Å²) in [5.41, 5.74) is -0.140. The van der Waals surface area contributed by atoms with Crippen LogP contribution in [0.5, 0.6) is 0 Å². The number of amides is 2. The normalized spacial score (nSPS) is 29.7. The van der Waals surface area contributed by atoms with Gasteiger partial charge in [0, 0.05) is 30.0 Å². The number of aryl methyl sites for hydroxylation is 1. The maximum absolute atomic E-state index is 12.6. The van der Waals surface area contributed by atoms with Crippen molar-refractivity contribution in [2.45, 2.75) is 24.7 Å². The number of rotatable bonds is 3. The predicted octanol–water partition coefficient (Wildman–Crippen LogP) is 1.41. The number of hydrogen-bond donors (Lipinski definition) is 1. The van der Waals surface area contributed by atoms with Crippen LogP contribution in [0.25, 0.3) is 0 Å². The van der Waals surface area contributed by atoms with Gasteiger partial charge in [-0.15, -0.1) is 0 Å². The Morgan fingerprint density at radius 3 is 2.42 bits per heavy atom. The molecule has 3 aliphatic rings. The third kappa shape index (κ3) is 2.32. The van der Waals surface area contributed by atoms with E-state index < -0.39 is 31.6 Å². The average Bonchev–Trinajstić information content (AvgIpc) is 2.88. The highest BCUT2D eigenvalue weighted by Crippen LogP contribution is 2.64. The van der Waals surface area contributed by atoms with Gasteiger partial charge >= 0.3 is 6.03 Å². The van der Waals surface area contributed by atoms with E-state index in [4.69, 9.17) is 4.74 Å². The highest BCUT2D eigenvalue weighted by atomic mass is 32.2. The number of sulfonamides is 1. The highest BCUT2D eigenvalue weighted by Gasteiger charge is 2.68. The van der Waals surface area contributed by atoms with Crippen molar-refractivity contribution >= 4 is 21.7 Å². The van der Waals surface area contributed by atoms with Gasteiger partial charge in [-0.2, -0.15) is 0 Å². The Balaban J connectivity index is 1.57. The molecule has 1 aromatic rings. The summed E-state index contributed by atoms with van der Waals surface area (Å²) in [6, 6.07) is 3.04. The van der Waals surface area contributed by atoms with Gasteiger partial charge in [0.05, 0.1) is 18.1 Å². The Morgan fingerprint density at radius 2 is 1.88 bits per heavy atom. The number of urea groups is 1. The average molecular weight is 381 g/mol. The molecule has 2 aliphatic heterocycles. The van der Waals surface area contributed by atoms with Gasteiger partial charge in [-0.25, -0.2) is 17.9 Å². The molecule has 0 spiro atoms. The summed E-state index contributed by atoms with van der Waals surface area (Å²) in [5, 5.41) is 11.2. The van der Waals surface area contributed by atoms with E-state index in [1.54, 1.807) is 6.92 Å². The fraction of sp³-hybridized carbons (Fsp3) is 0.562. The molecule has 2 atom stereocenters. The number of nitro groups is 1. The maximum Gasteiger partial charge on any atom is 0.331 e. The lowest BCUT2D eigenvalue weighted by molar-refractivity contribution is -0.387. The summed E-state index contributed by atoms with van der Waals surface area (Å²) in [7, 11) is -4.35. The largest absolute Gasteiger partial charge is 0.380 e. The van der Waals surface area contributed by atoms with Crippen molar-refractivity contribution in [2.75, 3.05) is 26.3 Å². The molecule has 0 aromatic heterocycles. The lowest BCUT2D eigenvalue weighted by atomic mass is 9.53. The van der Waals surface area contributed by atoms with Crippen molar-refractivity contribution < 1.29 is 22.9 Å². The number of nitrogens with zero attached hydrogens (tertiary/aromatic N) is 2. The minimum Gasteiger partial charge on any atom is -0.380 e. The predicted molar refractivity (Wildman–Crippen MR) is 90.0 cm³/mol. The molecule has 1 N–H and O–H groups in total. The molecule has 9 nitrogen and oxygen atoms in total. The van der Waals surface area contributed by atoms with Gasteiger partial charge in [-0.3, -0.25) is 10.1 Å². The molecule has 140 valence electrons. The van der Waals surface area contributed by atoms with Crippen molar-refractivity contribution in [3.05, 3.63) is 33.9 Å². The second-order valence-electron chi connectivity index (χ2n) is 7.55. The van der Waals surface area contributed by atoms with E-state index in [2.05, 4.69) is 0 Å². The molecule has 0 radical (unpaired) electrons. The first kappa shape index (κ1) is 17.2. The van der Waals surface area contributed by atoms with Crippen molar-refractivity contribution in [1.29, 1.82) is 0 Å². The lowest BCUT2D eigenvalue weighted by Gasteiger charge is -2.47. The maximum atomic E-state index is 12.6. The van der Waals surface area contributed by atoms with Gasteiger partial charge in [0.1, 0.15) is 0 Å². The summed E-state index contributed by atoms with van der Waals surface area (Å²) >= 11 is 0. The van der Waals surface area contributed by atoms with Gasteiger partial charge < -0.3 is 9.64 Å². The minimum atomic E-state index is -4.35. The Bertz CT molecular complexity index is 897. The molecular formula is C16H19N3O6S. The first-order chi connectivity index (χ1) is 12.2. The monoisotopic (exact) mass is 381 g/mol. The molecule has 2 unspecified atom stereocenters. The molecule has 4 rings (SSSR count). The first-order valence-corrected chi connectivity index (χ1v) is 9.81. The van der Waals surface area contributed by atoms with Gasteiger partial charge in [0.25, 0.3) is 15.7 Å². The smallest absolute Gasteiger partial charge is 0.331 e. The fourth-order valence-electron chi connectivity index (χ4n) is 4.46. The van der Waals surface area contributed by atoms with Crippen molar-refractivity contribution in [3.8, 4) is 0 Å². The molecule has 10 heteroatoms. The van der Waals surface area contributed by atoms with E-state index in [-0.39, 0.29) is 10.8 Å². The molecule has 1 saturated carbocycles. The first-order valence-electron chi connectivity index (χ1n) is 8.33. The van der Waals surface area contributed by atoms with Gasteiger partial charge in [-0.1, -0.05) is 6.07 Å². The third-order valence-electron chi connectivity index (χ3n) is 6.06. The summed E-state index contributed by atoms with van der Waals surface area (Å²) in [6.07, 6.45) is 1.93. The van der Waals surface area contributed by atoms with Crippen LogP contribution in [0.1, 0.15) is 18.4 Å². The van der Waals surface area contributed by atoms with Crippen LogP contribution in [0.15, 0.2) is 23.1 Å². The number of hydrogen-bond acceptors (Lipinski definition) is 6. The summed E-state index contributed by atoms with van der Waals surface area (Å²) < 4.78 is 32.8. The topological polar surface area (TPSA) is 119 Å². The van der Waals surface area contributed by atoms with E-state index >= 15 is 0 Å². The van der Waals surface area contributed by atoms with E-state index in [0.29, 0.717) is 31.9 Å². The van der Waals surface area contributed by atoms with Crippen LogP contribution >= 0.6 is 0 Å². The van der Waals surface area contributed by atoms with Crippen LogP contribution in [-0.2, 0) is 14.8 Å². The van der Waals surface area contributed by atoms with Gasteiger partial charge in [0.2, 0.25) is 0 Å². The molecule has 2 heterocycles. The fourth-order valence-corrected chi connectivity index (χ4v) is 5.69. The number of carbonyl (C=O) groups excluding carboxylic acids is 1. The summed E-state index contributed by atoms with van der Waals surface area (Å²) in [4.78, 5) is 23.9. The van der Waals surface area contributed by atoms with E-state index in [0.717, 1.165) is 18.9 Å². The van der Waals surface area contributed by atoms with Gasteiger partial charge in [-0.05, 0) is 31.4 Å². The standard InChI is InChI=1S/C16H19N3O6S/c1-11-2-3-12(19(21)22)13(6-11)26(23,24)17-14(20)18-7-15-4-5-16(15,8-18)10-25-9-15/h2-3,6H,4-5,7-10H2,1H3,(H,17,20). The van der Waals surface area contributed by atoms with Crippen molar-refractivity contribution in [2.24, 2.45) is 10.8 Å². The molecule has 26 heavy (non-hydrogen) atoms. The van der Waals surface area contributed by atoms with Crippen LogP contribution < -0.4 is 4.72 Å². The van der Waals surface area contributed by atoms with Crippen molar-refractivity contribution in [3.63, 3.8) is 0 Å². The van der Waals surface area contributed by atoms with E-state index in [1.807, 2.05) is 4.72 Å². The van der Waals surface area contributed by atoms with E-state index in [9.17, 15) is 23.3 Å². The zero-order valence-electron chi connectivity index (χ0n) is 14.2. The Morgan fingerprint density at radius 1 is 1.27 bits per heavy atom. The molecule has 3 fully saturated rings. The Kier molecular flexibility index (Phi) is 3.58. The molecule has 2 amide bonds. The SMILES string of the molecule is Cc1ccc([N+](=O)[O-])c(S(=O)(=O)NC(=O)N2CC34CCC3(COC4)C2)c1. The van der Waals surface area contributed by atoms with Gasteiger partial charge in [0.15, 0.2) is 4.90 Å². The number of nitrogens with one attached hydrogen (secondary N) is 1. The summed E-state index contributed by atoms with van der Waals surface area (Å²) in [5.74, 6) is 0. The third-order valence-corrected chi connectivity index (χ3v) is 7.41. The summed E-state index contributed by atoms with van der Waals surface area (Å²) in [6.45, 7) is 3.70. The molecule has 1 aliphatic carbocycles. The molecular weight excluding hydrogens is 362 g/mol. The van der Waals surface area contributed by atoms with E-state index in [1.165, 1.54) is 17.0 Å². The lowest BCUT2D eigenvalue weighted by Crippen LogP contribution is -2.49. The Labute approximate surface area is 150 Å². The number of carbonyl (C=O) groups is 1. The second-order valence-corrected chi connectivity index (χ2v) is 9.20.